The fourth-order valence-electron chi connectivity index (χ4n) is 6.82. The molecule has 0 unspecified atom stereocenters. The molecular weight excluding hydrogens is 677 g/mol. The van der Waals surface area contributed by atoms with Crippen molar-refractivity contribution in [1.29, 1.82) is 5.26 Å². The van der Waals surface area contributed by atoms with Gasteiger partial charge >= 0.3 is 0 Å². The molecule has 4 aromatic heterocycles. The van der Waals surface area contributed by atoms with Gasteiger partial charge in [0.1, 0.15) is 0 Å². The molecule has 0 aliphatic heterocycles. The lowest BCUT2D eigenvalue weighted by Crippen LogP contribution is -2.00. The predicted molar refractivity (Wildman–Crippen MR) is 213 cm³/mol. The third-order valence-corrected chi connectivity index (χ3v) is 11.6. The summed E-state index contributed by atoms with van der Waals surface area (Å²) >= 11 is 3.44. The van der Waals surface area contributed by atoms with E-state index in [9.17, 15) is 5.26 Å². The van der Waals surface area contributed by atoms with Crippen molar-refractivity contribution >= 4 is 63.1 Å². The molecule has 0 N–H and O–H groups in total. The number of hydrogen-bond acceptors (Lipinski definition) is 8. The van der Waals surface area contributed by atoms with E-state index in [1.165, 1.54) is 0 Å². The number of benzene rings is 6. The van der Waals surface area contributed by atoms with E-state index in [1.807, 2.05) is 91.0 Å². The molecule has 0 aliphatic rings. The minimum Gasteiger partial charge on any atom is -0.226 e. The largest absolute Gasteiger partial charge is 0.226 e. The summed E-state index contributed by atoms with van der Waals surface area (Å²) in [6.07, 6.45) is 0. The number of fused-ring (bicyclic) bond motifs is 6. The van der Waals surface area contributed by atoms with Crippen LogP contribution in [-0.4, -0.2) is 24.9 Å². The second-order valence-electron chi connectivity index (χ2n) is 12.3. The van der Waals surface area contributed by atoms with Gasteiger partial charge in [-0.3, -0.25) is 0 Å². The molecule has 0 radical (unpaired) electrons. The highest BCUT2D eigenvalue weighted by Gasteiger charge is 2.22. The zero-order valence-corrected chi connectivity index (χ0v) is 29.0. The molecule has 242 valence electrons. The van der Waals surface area contributed by atoms with Crippen LogP contribution < -0.4 is 0 Å². The van der Waals surface area contributed by atoms with Gasteiger partial charge in [-0.15, -0.1) is 22.7 Å². The summed E-state index contributed by atoms with van der Waals surface area (Å²) in [6, 6.07) is 51.1. The second-order valence-corrected chi connectivity index (χ2v) is 14.4. The van der Waals surface area contributed by atoms with Crippen molar-refractivity contribution in [2.75, 3.05) is 0 Å². The van der Waals surface area contributed by atoms with Crippen LogP contribution in [-0.2, 0) is 0 Å². The van der Waals surface area contributed by atoms with Gasteiger partial charge in [-0.1, -0.05) is 121 Å². The van der Waals surface area contributed by atoms with Gasteiger partial charge in [0.05, 0.1) is 27.5 Å². The molecule has 4 heterocycles. The molecule has 8 heteroatoms. The maximum atomic E-state index is 10.0. The van der Waals surface area contributed by atoms with Crippen LogP contribution in [0.5, 0.6) is 0 Å². The Hall–Kier alpha value is -6.66. The van der Waals surface area contributed by atoms with E-state index in [0.717, 1.165) is 68.4 Å². The summed E-state index contributed by atoms with van der Waals surface area (Å²) in [5.74, 6) is 2.40. The van der Waals surface area contributed by atoms with Crippen molar-refractivity contribution < 1.29 is 0 Å². The topological polar surface area (TPSA) is 88.2 Å². The molecule has 6 aromatic carbocycles. The second kappa shape index (κ2) is 12.3. The van der Waals surface area contributed by atoms with Gasteiger partial charge in [0.25, 0.3) is 0 Å². The standard InChI is InChI=1S/C44H24N6S2/c45-25-28-17-7-8-18-29(28)43-46-37-30-19-9-10-23-34(30)51-40(37)38(47-43)33-22-11-20-31-36-32(21-12-24-35(36)52-39(31)33)44-49-41(26-13-3-1-4-14-26)48-42(50-44)27-15-5-2-6-16-27/h1-24H. The van der Waals surface area contributed by atoms with Gasteiger partial charge in [0.2, 0.25) is 0 Å². The Morgan fingerprint density at radius 2 is 0.981 bits per heavy atom. The van der Waals surface area contributed by atoms with Crippen molar-refractivity contribution in [2.45, 2.75) is 0 Å². The highest BCUT2D eigenvalue weighted by Crippen LogP contribution is 2.46. The molecule has 10 aromatic rings. The Morgan fingerprint density at radius 1 is 0.423 bits per heavy atom. The van der Waals surface area contributed by atoms with E-state index in [-0.39, 0.29) is 0 Å². The molecule has 0 fully saturated rings. The third kappa shape index (κ3) is 4.95. The number of nitriles is 1. The molecule has 52 heavy (non-hydrogen) atoms. The minimum absolute atomic E-state index is 0.536. The van der Waals surface area contributed by atoms with E-state index in [4.69, 9.17) is 24.9 Å². The van der Waals surface area contributed by atoms with Crippen LogP contribution in [0.3, 0.4) is 0 Å². The Kier molecular flexibility index (Phi) is 7.13. The molecule has 10 rings (SSSR count). The van der Waals surface area contributed by atoms with Gasteiger partial charge in [-0.05, 0) is 24.3 Å². The van der Waals surface area contributed by atoms with Crippen molar-refractivity contribution in [2.24, 2.45) is 0 Å². The lowest BCUT2D eigenvalue weighted by molar-refractivity contribution is 1.08. The average molecular weight is 701 g/mol. The maximum absolute atomic E-state index is 10.0. The van der Waals surface area contributed by atoms with Crippen molar-refractivity contribution in [3.8, 4) is 62.9 Å². The van der Waals surface area contributed by atoms with Crippen LogP contribution in [0.2, 0.25) is 0 Å². The first-order valence-corrected chi connectivity index (χ1v) is 18.4. The number of thiophene rings is 2. The third-order valence-electron chi connectivity index (χ3n) is 9.23. The Bertz CT molecular complexity index is 2980. The highest BCUT2D eigenvalue weighted by molar-refractivity contribution is 7.27. The summed E-state index contributed by atoms with van der Waals surface area (Å²) in [7, 11) is 0. The van der Waals surface area contributed by atoms with E-state index in [1.54, 1.807) is 22.7 Å². The summed E-state index contributed by atoms with van der Waals surface area (Å²) in [5, 5.41) is 13.3. The number of rotatable bonds is 5. The Labute approximate surface area is 306 Å². The van der Waals surface area contributed by atoms with Gasteiger partial charge in [0.15, 0.2) is 23.3 Å². The lowest BCUT2D eigenvalue weighted by Gasteiger charge is -2.10. The zero-order chi connectivity index (χ0) is 34.6. The monoisotopic (exact) mass is 700 g/mol. The Morgan fingerprint density at radius 3 is 1.75 bits per heavy atom. The van der Waals surface area contributed by atoms with Crippen LogP contribution in [0.1, 0.15) is 5.56 Å². The fourth-order valence-corrected chi connectivity index (χ4v) is 9.21. The van der Waals surface area contributed by atoms with E-state index >= 15 is 0 Å². The first-order chi connectivity index (χ1) is 25.7. The van der Waals surface area contributed by atoms with Gasteiger partial charge in [0, 0.05) is 58.1 Å². The minimum atomic E-state index is 0.536. The molecule has 6 nitrogen and oxygen atoms in total. The van der Waals surface area contributed by atoms with Crippen LogP contribution in [0.15, 0.2) is 146 Å². The molecule has 0 aliphatic carbocycles. The molecule has 0 saturated heterocycles. The van der Waals surface area contributed by atoms with Crippen LogP contribution in [0.4, 0.5) is 0 Å². The van der Waals surface area contributed by atoms with E-state index in [0.29, 0.717) is 34.4 Å². The van der Waals surface area contributed by atoms with Gasteiger partial charge in [-0.25, -0.2) is 24.9 Å². The van der Waals surface area contributed by atoms with Gasteiger partial charge < -0.3 is 0 Å². The highest BCUT2D eigenvalue weighted by atomic mass is 32.1. The van der Waals surface area contributed by atoms with Crippen LogP contribution in [0.25, 0.3) is 97.3 Å². The first kappa shape index (κ1) is 30.2. The SMILES string of the molecule is N#Cc1ccccc1-c1nc(-c2cccc3c2sc2cccc(-c4nc(-c5ccccc5)nc(-c5ccccc5)n4)c23)c2sc3ccccc3c2n1. The molecule has 0 spiro atoms. The Balaban J connectivity index is 1.24. The fraction of sp³-hybridized carbons (Fsp3) is 0. The number of nitrogens with zero attached hydrogens (tertiary/aromatic N) is 6. The molecular formula is C44H24N6S2. The smallest absolute Gasteiger partial charge is 0.164 e. The van der Waals surface area contributed by atoms with Crippen LogP contribution in [0, 0.1) is 11.3 Å². The van der Waals surface area contributed by atoms with Crippen LogP contribution >= 0.6 is 22.7 Å². The predicted octanol–water partition coefficient (Wildman–Crippen LogP) is 11.6. The quantitative estimate of drug-likeness (QED) is 0.178. The lowest BCUT2D eigenvalue weighted by atomic mass is 10.0. The van der Waals surface area contributed by atoms with Crippen molar-refractivity contribution in [1.82, 2.24) is 24.9 Å². The zero-order valence-electron chi connectivity index (χ0n) is 27.4. The summed E-state index contributed by atoms with van der Waals surface area (Å²) < 4.78 is 4.40. The van der Waals surface area contributed by atoms with Crippen molar-refractivity contribution in [3.63, 3.8) is 0 Å². The van der Waals surface area contributed by atoms with E-state index in [2.05, 4.69) is 60.7 Å². The number of aromatic nitrogens is 5. The van der Waals surface area contributed by atoms with Crippen molar-refractivity contribution in [3.05, 3.63) is 151 Å². The maximum Gasteiger partial charge on any atom is 0.164 e. The summed E-state index contributed by atoms with van der Waals surface area (Å²) in [4.78, 5) is 25.4. The first-order valence-electron chi connectivity index (χ1n) is 16.7. The van der Waals surface area contributed by atoms with E-state index < -0.39 is 0 Å². The molecule has 0 saturated carbocycles. The molecule has 0 atom stereocenters. The normalized spacial score (nSPS) is 11.4. The van der Waals surface area contributed by atoms with Gasteiger partial charge in [-0.2, -0.15) is 5.26 Å². The summed E-state index contributed by atoms with van der Waals surface area (Å²) in [6.45, 7) is 0. The molecule has 0 bridgehead atoms. The summed E-state index contributed by atoms with van der Waals surface area (Å²) in [5.41, 5.74) is 6.81. The average Bonchev–Trinajstić information content (AvgIpc) is 3.80. The molecule has 0 amide bonds. The number of hydrogen-bond donors (Lipinski definition) is 0.